The number of ether oxygens (including phenoxy) is 2. The van der Waals surface area contributed by atoms with E-state index >= 15 is 0 Å². The molecule has 1 heterocycles. The van der Waals surface area contributed by atoms with E-state index in [-0.39, 0.29) is 17.6 Å². The molecule has 0 spiro atoms. The number of aromatic nitrogens is 2. The lowest BCUT2D eigenvalue weighted by Crippen LogP contribution is -2.21. The standard InChI is InChI=1S/C31H33Cl2N3O3/c1-7-20(6)39-29-25(32)14-21(15-26(29)33)17-34-36-30(35-27-12-10-9-11-22(27)31(36)37)24-16-23(18(3)4)28(38-8-2)13-19(24)5/h9-18,20H,7-8H2,1-6H3/t20-/m1/s1. The summed E-state index contributed by atoms with van der Waals surface area (Å²) in [6.07, 6.45) is 2.34. The molecule has 0 saturated carbocycles. The molecule has 204 valence electrons. The zero-order valence-electron chi connectivity index (χ0n) is 23.1. The van der Waals surface area contributed by atoms with Crippen LogP contribution in [0.3, 0.4) is 0 Å². The first kappa shape index (κ1) is 28.7. The lowest BCUT2D eigenvalue weighted by Gasteiger charge is -2.18. The predicted octanol–water partition coefficient (Wildman–Crippen LogP) is 8.26. The number of para-hydroxylation sites is 1. The largest absolute Gasteiger partial charge is 0.494 e. The number of aryl methyl sites for hydroxylation is 1. The van der Waals surface area contributed by atoms with Crippen LogP contribution in [0, 0.1) is 6.92 Å². The number of benzene rings is 3. The summed E-state index contributed by atoms with van der Waals surface area (Å²) in [5, 5.41) is 5.81. The molecule has 3 aromatic carbocycles. The van der Waals surface area contributed by atoms with Crippen molar-refractivity contribution in [2.75, 3.05) is 6.61 Å². The van der Waals surface area contributed by atoms with E-state index in [1.807, 2.05) is 58.0 Å². The Morgan fingerprint density at radius 1 is 1.05 bits per heavy atom. The summed E-state index contributed by atoms with van der Waals surface area (Å²) in [5.41, 5.74) is 3.70. The molecule has 0 aliphatic rings. The van der Waals surface area contributed by atoms with Crippen molar-refractivity contribution in [1.29, 1.82) is 0 Å². The highest BCUT2D eigenvalue weighted by atomic mass is 35.5. The molecule has 0 unspecified atom stereocenters. The van der Waals surface area contributed by atoms with Crippen LogP contribution in [0.5, 0.6) is 11.5 Å². The zero-order valence-corrected chi connectivity index (χ0v) is 24.6. The highest BCUT2D eigenvalue weighted by Crippen LogP contribution is 2.36. The minimum absolute atomic E-state index is 0.0302. The quantitative estimate of drug-likeness (QED) is 0.191. The van der Waals surface area contributed by atoms with Crippen LogP contribution in [0.25, 0.3) is 22.3 Å². The fraction of sp³-hybridized carbons (Fsp3) is 0.323. The maximum absolute atomic E-state index is 13.7. The summed E-state index contributed by atoms with van der Waals surface area (Å²) in [4.78, 5) is 18.6. The molecule has 6 nitrogen and oxygen atoms in total. The van der Waals surface area contributed by atoms with E-state index < -0.39 is 0 Å². The SMILES string of the molecule is CCOc1cc(C)c(-c2nc3ccccc3c(=O)n2N=Cc2cc(Cl)c(O[C@H](C)CC)c(Cl)c2)cc1C(C)C. The first-order valence-electron chi connectivity index (χ1n) is 13.1. The fourth-order valence-electron chi connectivity index (χ4n) is 4.25. The van der Waals surface area contributed by atoms with Gasteiger partial charge < -0.3 is 9.47 Å². The molecule has 0 N–H and O–H groups in total. The third kappa shape index (κ3) is 6.13. The zero-order chi connectivity index (χ0) is 28.3. The second-order valence-corrected chi connectivity index (χ2v) is 10.6. The van der Waals surface area contributed by atoms with Gasteiger partial charge >= 0.3 is 0 Å². The van der Waals surface area contributed by atoms with Crippen LogP contribution in [0.1, 0.15) is 63.6 Å². The molecule has 0 fully saturated rings. The Labute approximate surface area is 239 Å². The topological polar surface area (TPSA) is 65.7 Å². The average Bonchev–Trinajstić information content (AvgIpc) is 2.90. The van der Waals surface area contributed by atoms with Crippen LogP contribution in [0.2, 0.25) is 10.0 Å². The molecule has 1 atom stereocenters. The van der Waals surface area contributed by atoms with E-state index in [0.717, 1.165) is 28.9 Å². The van der Waals surface area contributed by atoms with Crippen molar-refractivity contribution in [3.8, 4) is 22.9 Å². The van der Waals surface area contributed by atoms with Gasteiger partial charge in [0.25, 0.3) is 5.56 Å². The molecule has 0 amide bonds. The van der Waals surface area contributed by atoms with E-state index in [1.165, 1.54) is 4.68 Å². The summed E-state index contributed by atoms with van der Waals surface area (Å²) < 4.78 is 13.1. The van der Waals surface area contributed by atoms with Crippen molar-refractivity contribution >= 4 is 40.3 Å². The summed E-state index contributed by atoms with van der Waals surface area (Å²) in [6.45, 7) is 12.7. The summed E-state index contributed by atoms with van der Waals surface area (Å²) in [5.74, 6) is 1.90. The fourth-order valence-corrected chi connectivity index (χ4v) is 4.84. The summed E-state index contributed by atoms with van der Waals surface area (Å²) in [6, 6.07) is 14.7. The number of rotatable bonds is 9. The minimum Gasteiger partial charge on any atom is -0.494 e. The number of hydrogen-bond donors (Lipinski definition) is 0. The third-order valence-corrected chi connectivity index (χ3v) is 7.07. The maximum atomic E-state index is 13.7. The van der Waals surface area contributed by atoms with Crippen molar-refractivity contribution in [3.05, 3.63) is 85.6 Å². The Hall–Kier alpha value is -3.35. The van der Waals surface area contributed by atoms with Crippen molar-refractivity contribution in [1.82, 2.24) is 9.66 Å². The number of fused-ring (bicyclic) bond motifs is 1. The first-order chi connectivity index (χ1) is 18.6. The van der Waals surface area contributed by atoms with Gasteiger partial charge in [0, 0.05) is 5.56 Å². The van der Waals surface area contributed by atoms with Crippen LogP contribution >= 0.6 is 23.2 Å². The molecule has 1 aromatic heterocycles. The number of halogens is 2. The Morgan fingerprint density at radius 2 is 1.74 bits per heavy atom. The molecule has 8 heteroatoms. The molecule has 0 aliphatic carbocycles. The first-order valence-corrected chi connectivity index (χ1v) is 13.9. The molecular weight excluding hydrogens is 533 g/mol. The molecular formula is C31H33Cl2N3O3. The maximum Gasteiger partial charge on any atom is 0.282 e. The van der Waals surface area contributed by atoms with Crippen molar-refractivity contribution < 1.29 is 9.47 Å². The van der Waals surface area contributed by atoms with Crippen LogP contribution in [0.15, 0.2) is 58.4 Å². The van der Waals surface area contributed by atoms with E-state index in [2.05, 4.69) is 18.9 Å². The second kappa shape index (κ2) is 12.2. The molecule has 4 rings (SSSR count). The van der Waals surface area contributed by atoms with Gasteiger partial charge in [-0.25, -0.2) is 4.98 Å². The second-order valence-electron chi connectivity index (χ2n) is 9.76. The van der Waals surface area contributed by atoms with E-state index in [9.17, 15) is 4.79 Å². The van der Waals surface area contributed by atoms with Gasteiger partial charge in [0.05, 0.1) is 39.9 Å². The summed E-state index contributed by atoms with van der Waals surface area (Å²) >= 11 is 13.0. The normalized spacial score (nSPS) is 12.4. The highest BCUT2D eigenvalue weighted by molar-refractivity contribution is 6.37. The minimum atomic E-state index is -0.278. The Morgan fingerprint density at radius 3 is 2.38 bits per heavy atom. The van der Waals surface area contributed by atoms with Gasteiger partial charge in [-0.3, -0.25) is 4.79 Å². The molecule has 0 bridgehead atoms. The van der Waals surface area contributed by atoms with Crippen LogP contribution in [-0.4, -0.2) is 28.6 Å². The van der Waals surface area contributed by atoms with Gasteiger partial charge in [0.1, 0.15) is 5.75 Å². The van der Waals surface area contributed by atoms with Crippen LogP contribution < -0.4 is 15.0 Å². The van der Waals surface area contributed by atoms with Crippen molar-refractivity contribution in [3.63, 3.8) is 0 Å². The van der Waals surface area contributed by atoms with Crippen molar-refractivity contribution in [2.24, 2.45) is 5.10 Å². The average molecular weight is 567 g/mol. The molecule has 0 radical (unpaired) electrons. The third-order valence-electron chi connectivity index (χ3n) is 6.51. The monoisotopic (exact) mass is 565 g/mol. The van der Waals surface area contributed by atoms with Gasteiger partial charge in [0.15, 0.2) is 11.6 Å². The molecule has 0 aliphatic heterocycles. The van der Waals surface area contributed by atoms with Gasteiger partial charge in [-0.2, -0.15) is 9.78 Å². The molecule has 39 heavy (non-hydrogen) atoms. The van der Waals surface area contributed by atoms with Gasteiger partial charge in [0.2, 0.25) is 0 Å². The smallest absolute Gasteiger partial charge is 0.282 e. The van der Waals surface area contributed by atoms with E-state index in [4.69, 9.17) is 37.7 Å². The Bertz CT molecular complexity index is 1570. The lowest BCUT2D eigenvalue weighted by molar-refractivity contribution is 0.218. The van der Waals surface area contributed by atoms with Crippen LogP contribution in [0.4, 0.5) is 0 Å². The predicted molar refractivity (Wildman–Crippen MR) is 161 cm³/mol. The number of nitrogens with zero attached hydrogens (tertiary/aromatic N) is 3. The number of hydrogen-bond acceptors (Lipinski definition) is 5. The Balaban J connectivity index is 1.89. The lowest BCUT2D eigenvalue weighted by atomic mass is 9.96. The highest BCUT2D eigenvalue weighted by Gasteiger charge is 2.19. The Kier molecular flexibility index (Phi) is 8.98. The van der Waals surface area contributed by atoms with Crippen LogP contribution in [-0.2, 0) is 0 Å². The van der Waals surface area contributed by atoms with E-state index in [1.54, 1.807) is 24.4 Å². The van der Waals surface area contributed by atoms with Gasteiger partial charge in [-0.05, 0) is 86.2 Å². The molecule has 4 aromatic rings. The van der Waals surface area contributed by atoms with E-state index in [0.29, 0.717) is 44.7 Å². The van der Waals surface area contributed by atoms with Gasteiger partial charge in [-0.1, -0.05) is 56.1 Å². The van der Waals surface area contributed by atoms with Crippen molar-refractivity contribution in [2.45, 2.75) is 60.0 Å². The molecule has 0 saturated heterocycles. The summed E-state index contributed by atoms with van der Waals surface area (Å²) in [7, 11) is 0. The van der Waals surface area contributed by atoms with Gasteiger partial charge in [-0.15, -0.1) is 0 Å².